The predicted octanol–water partition coefficient (Wildman–Crippen LogP) is 12.7. The minimum absolute atomic E-state index is 0.187. The van der Waals surface area contributed by atoms with Gasteiger partial charge in [0.2, 0.25) is 0 Å². The van der Waals surface area contributed by atoms with E-state index < -0.39 is 24.2 Å². The summed E-state index contributed by atoms with van der Waals surface area (Å²) in [7, 11) is 0. The van der Waals surface area contributed by atoms with Crippen molar-refractivity contribution >= 4 is 54.3 Å². The number of benzene rings is 8. The Balaban J connectivity index is 1.41. The maximum Gasteiger partial charge on any atom is 0.136 e. The molecule has 216 valence electrons. The maximum atomic E-state index is 9.41. The molecule has 1 aromatic heterocycles. The molecule has 0 bridgehead atoms. The highest BCUT2D eigenvalue weighted by atomic mass is 16.3. The molecule has 1 heterocycles. The fourth-order valence-corrected chi connectivity index (χ4v) is 7.78. The molecular weight excluding hydrogens is 556 g/mol. The molecule has 0 atom stereocenters. The van der Waals surface area contributed by atoms with Crippen molar-refractivity contribution in [1.29, 1.82) is 0 Å². The van der Waals surface area contributed by atoms with Crippen LogP contribution in [0, 0.1) is 0 Å². The van der Waals surface area contributed by atoms with E-state index in [1.165, 1.54) is 5.56 Å². The lowest BCUT2D eigenvalue weighted by atomic mass is 9.81. The van der Waals surface area contributed by atoms with Crippen LogP contribution in [0.4, 0.5) is 0 Å². The van der Waals surface area contributed by atoms with Gasteiger partial charge in [0.1, 0.15) is 11.2 Å². The van der Waals surface area contributed by atoms with Gasteiger partial charge in [0.25, 0.3) is 0 Å². The molecule has 46 heavy (non-hydrogen) atoms. The van der Waals surface area contributed by atoms with E-state index in [1.807, 2.05) is 78.9 Å². The van der Waals surface area contributed by atoms with Crippen molar-refractivity contribution in [2.75, 3.05) is 0 Å². The van der Waals surface area contributed by atoms with E-state index in [2.05, 4.69) is 26.0 Å². The molecule has 0 N–H and O–H groups in total. The molecule has 0 saturated carbocycles. The van der Waals surface area contributed by atoms with E-state index in [0.29, 0.717) is 33.4 Å². The summed E-state index contributed by atoms with van der Waals surface area (Å²) in [6.07, 6.45) is 0. The van der Waals surface area contributed by atoms with Gasteiger partial charge >= 0.3 is 0 Å². The van der Waals surface area contributed by atoms with E-state index >= 15 is 0 Å². The van der Waals surface area contributed by atoms with Gasteiger partial charge in [0.05, 0.1) is 11.0 Å². The van der Waals surface area contributed by atoms with Crippen LogP contribution in [0.25, 0.3) is 87.6 Å². The SMILES string of the molecule is [2H]c1c([2H])c([2H])c2c(-c3ccc4oc5ccc6ccccc6c5c4c3)c3c([2H])c([2H])c([2H])c([2H])c3c(-c3ccc4c(c3)-c3ccccc3C4(C)C)c2c1[2H]. The Morgan fingerprint density at radius 1 is 0.500 bits per heavy atom. The van der Waals surface area contributed by atoms with E-state index in [0.717, 1.165) is 38.2 Å². The van der Waals surface area contributed by atoms with Crippen LogP contribution in [0.1, 0.15) is 35.9 Å². The molecule has 1 aliphatic carbocycles. The van der Waals surface area contributed by atoms with Crippen molar-refractivity contribution in [2.24, 2.45) is 0 Å². The Morgan fingerprint density at radius 3 is 1.83 bits per heavy atom. The molecule has 0 unspecified atom stereocenters. The molecule has 0 spiro atoms. The lowest BCUT2D eigenvalue weighted by Gasteiger charge is -2.22. The number of hydrogen-bond acceptors (Lipinski definition) is 1. The third-order valence-corrected chi connectivity index (χ3v) is 9.90. The third-order valence-electron chi connectivity index (χ3n) is 9.90. The first-order valence-corrected chi connectivity index (χ1v) is 15.4. The fraction of sp³-hybridized carbons (Fsp3) is 0.0667. The van der Waals surface area contributed by atoms with Crippen LogP contribution in [0.15, 0.2) is 150 Å². The van der Waals surface area contributed by atoms with E-state index in [-0.39, 0.29) is 51.1 Å². The quantitative estimate of drug-likeness (QED) is 0.181. The zero-order valence-corrected chi connectivity index (χ0v) is 25.1. The van der Waals surface area contributed by atoms with Crippen molar-refractivity contribution in [3.05, 3.63) is 157 Å². The average molecular weight is 595 g/mol. The monoisotopic (exact) mass is 594 g/mol. The molecule has 8 aromatic carbocycles. The van der Waals surface area contributed by atoms with Gasteiger partial charge in [-0.1, -0.05) is 135 Å². The number of furan rings is 1. The first kappa shape index (κ1) is 19.0. The van der Waals surface area contributed by atoms with Gasteiger partial charge in [-0.2, -0.15) is 0 Å². The summed E-state index contributed by atoms with van der Waals surface area (Å²) in [6.45, 7) is 4.35. The first-order valence-electron chi connectivity index (χ1n) is 19.4. The molecule has 10 rings (SSSR count). The van der Waals surface area contributed by atoms with Gasteiger partial charge in [-0.3, -0.25) is 0 Å². The van der Waals surface area contributed by atoms with Crippen LogP contribution in [-0.4, -0.2) is 0 Å². The Kier molecular flexibility index (Phi) is 3.79. The number of rotatable bonds is 2. The molecule has 0 aliphatic heterocycles. The summed E-state index contributed by atoms with van der Waals surface area (Å²) >= 11 is 0. The van der Waals surface area contributed by atoms with Crippen LogP contribution in [0.2, 0.25) is 0 Å². The summed E-state index contributed by atoms with van der Waals surface area (Å²) in [5.74, 6) is 0. The maximum absolute atomic E-state index is 9.41. The topological polar surface area (TPSA) is 13.1 Å². The van der Waals surface area contributed by atoms with Crippen LogP contribution in [0.3, 0.4) is 0 Å². The first-order chi connectivity index (χ1) is 25.9. The summed E-state index contributed by atoms with van der Waals surface area (Å²) < 4.78 is 79.3. The molecule has 1 aliphatic rings. The second kappa shape index (κ2) is 9.19. The third kappa shape index (κ3) is 3.40. The highest BCUT2D eigenvalue weighted by molar-refractivity contribution is 6.23. The van der Waals surface area contributed by atoms with Gasteiger partial charge in [0.15, 0.2) is 0 Å². The van der Waals surface area contributed by atoms with E-state index in [4.69, 9.17) is 9.90 Å². The Labute approximate surface area is 278 Å². The van der Waals surface area contributed by atoms with Gasteiger partial charge < -0.3 is 4.42 Å². The molecule has 1 heteroatoms. The zero-order chi connectivity index (χ0) is 37.5. The van der Waals surface area contributed by atoms with E-state index in [9.17, 15) is 5.48 Å². The second-order valence-electron chi connectivity index (χ2n) is 12.7. The molecule has 1 nitrogen and oxygen atoms in total. The summed E-state index contributed by atoms with van der Waals surface area (Å²) in [5, 5.41) is 4.46. The number of hydrogen-bond donors (Lipinski definition) is 0. The van der Waals surface area contributed by atoms with Crippen LogP contribution in [-0.2, 0) is 5.41 Å². The molecular formula is C45H30O. The molecule has 0 fully saturated rings. The van der Waals surface area contributed by atoms with Crippen molar-refractivity contribution in [2.45, 2.75) is 19.3 Å². The molecule has 0 amide bonds. The van der Waals surface area contributed by atoms with Gasteiger partial charge in [-0.05, 0) is 101 Å². The van der Waals surface area contributed by atoms with Gasteiger partial charge in [-0.25, -0.2) is 0 Å². The summed E-state index contributed by atoms with van der Waals surface area (Å²) in [4.78, 5) is 0. The Hall–Kier alpha value is -5.66. The molecule has 9 aromatic rings. The largest absolute Gasteiger partial charge is 0.456 e. The van der Waals surface area contributed by atoms with Crippen molar-refractivity contribution < 1.29 is 15.4 Å². The summed E-state index contributed by atoms with van der Waals surface area (Å²) in [5.41, 5.74) is 7.13. The minimum atomic E-state index is -0.426. The molecule has 0 radical (unpaired) electrons. The smallest absolute Gasteiger partial charge is 0.136 e. The van der Waals surface area contributed by atoms with Crippen LogP contribution in [0.5, 0.6) is 0 Å². The second-order valence-corrected chi connectivity index (χ2v) is 12.7. The van der Waals surface area contributed by atoms with Crippen molar-refractivity contribution in [1.82, 2.24) is 0 Å². The lowest BCUT2D eigenvalue weighted by molar-refractivity contribution is 0.660. The fourth-order valence-electron chi connectivity index (χ4n) is 7.78. The minimum Gasteiger partial charge on any atom is -0.456 e. The number of fused-ring (bicyclic) bond motifs is 10. The van der Waals surface area contributed by atoms with Crippen molar-refractivity contribution in [3.8, 4) is 33.4 Å². The van der Waals surface area contributed by atoms with Gasteiger partial charge in [0, 0.05) is 16.2 Å². The highest BCUT2D eigenvalue weighted by Gasteiger charge is 2.35. The zero-order valence-electron chi connectivity index (χ0n) is 33.1. The Morgan fingerprint density at radius 2 is 1.09 bits per heavy atom. The summed E-state index contributed by atoms with van der Waals surface area (Å²) in [6, 6.07) is 28.8. The average Bonchev–Trinajstić information content (AvgIpc) is 3.68. The van der Waals surface area contributed by atoms with Crippen molar-refractivity contribution in [3.63, 3.8) is 0 Å². The Bertz CT molecular complexity index is 3090. The normalized spacial score (nSPS) is 16.0. The standard InChI is InChI=1S/C45H30O/c1-45(2)38-18-10-9-13-31(38)36-25-28(19-22-39(36)45)42-32-14-5-7-16-34(32)43(35-17-8-6-15-33(35)42)29-21-23-40-37(26-29)44-30-12-4-3-11-27(30)20-24-41(44)46-40/h3-26H,1-2H3/i5D,6D,7D,8D,14D,15D,16D,17D. The highest BCUT2D eigenvalue weighted by Crippen LogP contribution is 2.51. The van der Waals surface area contributed by atoms with Crippen LogP contribution >= 0.6 is 0 Å². The molecule has 0 saturated heterocycles. The van der Waals surface area contributed by atoms with Gasteiger partial charge in [-0.15, -0.1) is 0 Å². The van der Waals surface area contributed by atoms with E-state index in [1.54, 1.807) is 6.07 Å². The van der Waals surface area contributed by atoms with Crippen LogP contribution < -0.4 is 0 Å². The predicted molar refractivity (Wildman–Crippen MR) is 195 cm³/mol. The lowest BCUT2D eigenvalue weighted by Crippen LogP contribution is -2.14.